The van der Waals surface area contributed by atoms with Crippen molar-refractivity contribution in [3.05, 3.63) is 94.2 Å². The number of hydrogen-bond donors (Lipinski definition) is 1. The molecule has 0 atom stereocenters. The van der Waals surface area contributed by atoms with E-state index in [4.69, 9.17) is 4.74 Å². The van der Waals surface area contributed by atoms with E-state index in [9.17, 15) is 4.79 Å². The average molecular weight is 523 g/mol. The Labute approximate surface area is 205 Å². The van der Waals surface area contributed by atoms with Crippen LogP contribution in [0.25, 0.3) is 5.69 Å². The molecule has 4 rings (SSSR count). The summed E-state index contributed by atoms with van der Waals surface area (Å²) in [5, 5.41) is 12.3. The number of rotatable bonds is 8. The van der Waals surface area contributed by atoms with Crippen molar-refractivity contribution >= 4 is 39.3 Å². The normalized spacial score (nSPS) is 10.8. The molecular weight excluding hydrogens is 500 g/mol. The first-order valence-electron chi connectivity index (χ1n) is 10.4. The van der Waals surface area contributed by atoms with Gasteiger partial charge in [-0.25, -0.2) is 0 Å². The van der Waals surface area contributed by atoms with Crippen LogP contribution in [0.1, 0.15) is 17.0 Å². The third-order valence-corrected chi connectivity index (χ3v) is 6.33. The number of halogens is 1. The van der Waals surface area contributed by atoms with Crippen LogP contribution in [0.3, 0.4) is 0 Å². The van der Waals surface area contributed by atoms with Crippen LogP contribution in [0.4, 0.5) is 5.69 Å². The molecule has 0 aliphatic carbocycles. The molecule has 0 aliphatic heterocycles. The van der Waals surface area contributed by atoms with Crippen molar-refractivity contribution < 1.29 is 9.53 Å². The summed E-state index contributed by atoms with van der Waals surface area (Å²) in [4.78, 5) is 12.5. The number of nitrogens with zero attached hydrogens (tertiary/aromatic N) is 3. The van der Waals surface area contributed by atoms with Crippen molar-refractivity contribution in [3.8, 4) is 11.4 Å². The van der Waals surface area contributed by atoms with E-state index in [0.717, 1.165) is 32.7 Å². The van der Waals surface area contributed by atoms with E-state index in [1.165, 1.54) is 11.8 Å². The van der Waals surface area contributed by atoms with Crippen LogP contribution in [0.15, 0.2) is 82.4 Å². The number of nitrogens with one attached hydrogen (secondary N) is 1. The Morgan fingerprint density at radius 3 is 2.45 bits per heavy atom. The quantitative estimate of drug-likeness (QED) is 0.289. The van der Waals surface area contributed by atoms with Gasteiger partial charge in [-0.05, 0) is 55.3 Å². The lowest BCUT2D eigenvalue weighted by molar-refractivity contribution is -0.113. The Morgan fingerprint density at radius 2 is 1.73 bits per heavy atom. The molecule has 0 spiro atoms. The highest BCUT2D eigenvalue weighted by atomic mass is 79.9. The number of para-hydroxylation sites is 2. The summed E-state index contributed by atoms with van der Waals surface area (Å²) in [7, 11) is 0. The molecule has 1 N–H and O–H groups in total. The number of benzene rings is 3. The number of aryl methyl sites for hydroxylation is 2. The molecule has 33 heavy (non-hydrogen) atoms. The number of carbonyl (C=O) groups is 1. The van der Waals surface area contributed by atoms with E-state index >= 15 is 0 Å². The Bertz CT molecular complexity index is 1240. The van der Waals surface area contributed by atoms with Crippen molar-refractivity contribution in [1.82, 2.24) is 14.8 Å². The molecule has 1 amide bonds. The van der Waals surface area contributed by atoms with Crippen LogP contribution in [-0.2, 0) is 11.4 Å². The molecule has 168 valence electrons. The molecule has 4 aromatic rings. The van der Waals surface area contributed by atoms with Gasteiger partial charge in [-0.2, -0.15) is 0 Å². The maximum absolute atomic E-state index is 12.5. The van der Waals surface area contributed by atoms with Crippen LogP contribution in [0, 0.1) is 13.8 Å². The van der Waals surface area contributed by atoms with Gasteiger partial charge in [0.1, 0.15) is 12.4 Å². The lowest BCUT2D eigenvalue weighted by Crippen LogP contribution is -2.14. The van der Waals surface area contributed by atoms with Crippen molar-refractivity contribution in [3.63, 3.8) is 0 Å². The van der Waals surface area contributed by atoms with E-state index in [2.05, 4.69) is 31.4 Å². The van der Waals surface area contributed by atoms with Crippen molar-refractivity contribution in [2.24, 2.45) is 0 Å². The van der Waals surface area contributed by atoms with Crippen molar-refractivity contribution in [2.45, 2.75) is 25.6 Å². The Morgan fingerprint density at radius 1 is 1.00 bits per heavy atom. The van der Waals surface area contributed by atoms with E-state index in [-0.39, 0.29) is 18.3 Å². The highest BCUT2D eigenvalue weighted by Gasteiger charge is 2.17. The number of carbonyl (C=O) groups excluding carboxylic acids is 1. The number of anilines is 1. The number of ether oxygens (including phenoxy) is 1. The van der Waals surface area contributed by atoms with E-state index in [1.54, 1.807) is 0 Å². The van der Waals surface area contributed by atoms with Crippen LogP contribution in [0.2, 0.25) is 0 Å². The predicted molar refractivity (Wildman–Crippen MR) is 135 cm³/mol. The van der Waals surface area contributed by atoms with Crippen LogP contribution < -0.4 is 10.1 Å². The highest BCUT2D eigenvalue weighted by molar-refractivity contribution is 9.10. The first-order valence-corrected chi connectivity index (χ1v) is 12.2. The molecule has 0 fully saturated rings. The molecule has 0 unspecified atom stereocenters. The van der Waals surface area contributed by atoms with Gasteiger partial charge in [-0.3, -0.25) is 9.36 Å². The number of hydrogen-bond acceptors (Lipinski definition) is 5. The van der Waals surface area contributed by atoms with Crippen LogP contribution in [0.5, 0.6) is 5.75 Å². The summed E-state index contributed by atoms with van der Waals surface area (Å²) >= 11 is 4.75. The van der Waals surface area contributed by atoms with E-state index < -0.39 is 0 Å². The first-order chi connectivity index (χ1) is 16.0. The molecule has 0 saturated heterocycles. The SMILES string of the molecule is Cc1cccc(C)c1OCc1nnc(SCC(=O)Nc2cccc(Br)c2)n1-c1ccccc1. The van der Waals surface area contributed by atoms with Gasteiger partial charge >= 0.3 is 0 Å². The first kappa shape index (κ1) is 23.1. The topological polar surface area (TPSA) is 69.0 Å². The van der Waals surface area contributed by atoms with Crippen LogP contribution >= 0.6 is 27.7 Å². The minimum Gasteiger partial charge on any atom is -0.485 e. The molecule has 3 aromatic carbocycles. The van der Waals surface area contributed by atoms with E-state index in [1.807, 2.05) is 91.2 Å². The van der Waals surface area contributed by atoms with E-state index in [0.29, 0.717) is 11.0 Å². The fourth-order valence-electron chi connectivity index (χ4n) is 3.38. The molecule has 6 nitrogen and oxygen atoms in total. The second kappa shape index (κ2) is 10.7. The van der Waals surface area contributed by atoms with Gasteiger partial charge in [0, 0.05) is 15.8 Å². The zero-order chi connectivity index (χ0) is 23.2. The smallest absolute Gasteiger partial charge is 0.234 e. The van der Waals surface area contributed by atoms with Gasteiger partial charge in [0.25, 0.3) is 0 Å². The second-order valence-corrected chi connectivity index (χ2v) is 9.28. The number of amides is 1. The molecule has 1 heterocycles. The van der Waals surface area contributed by atoms with Crippen LogP contribution in [-0.4, -0.2) is 26.4 Å². The zero-order valence-electron chi connectivity index (χ0n) is 18.3. The summed E-state index contributed by atoms with van der Waals surface area (Å²) < 4.78 is 8.97. The highest BCUT2D eigenvalue weighted by Crippen LogP contribution is 2.26. The minimum atomic E-state index is -0.117. The van der Waals surface area contributed by atoms with Gasteiger partial charge in [0.15, 0.2) is 11.0 Å². The van der Waals surface area contributed by atoms with Gasteiger partial charge in [-0.1, -0.05) is 70.2 Å². The molecule has 0 radical (unpaired) electrons. The standard InChI is InChI=1S/C25H23BrN4O2S/c1-17-8-6-9-18(2)24(17)32-15-22-28-29-25(30(22)21-12-4-3-5-13-21)33-16-23(31)27-20-11-7-10-19(26)14-20/h3-14H,15-16H2,1-2H3,(H,27,31). The maximum atomic E-state index is 12.5. The fourth-order valence-corrected chi connectivity index (χ4v) is 4.55. The summed E-state index contributed by atoms with van der Waals surface area (Å²) in [5.74, 6) is 1.60. The summed E-state index contributed by atoms with van der Waals surface area (Å²) in [6, 6.07) is 23.4. The maximum Gasteiger partial charge on any atom is 0.234 e. The summed E-state index contributed by atoms with van der Waals surface area (Å²) in [6.07, 6.45) is 0. The fraction of sp³-hybridized carbons (Fsp3) is 0.160. The third kappa shape index (κ3) is 5.83. The van der Waals surface area contributed by atoms with Crippen molar-refractivity contribution in [2.75, 3.05) is 11.1 Å². The molecule has 8 heteroatoms. The average Bonchev–Trinajstić information content (AvgIpc) is 3.21. The second-order valence-electron chi connectivity index (χ2n) is 7.43. The van der Waals surface area contributed by atoms with Gasteiger partial charge in [0.2, 0.25) is 5.91 Å². The Balaban J connectivity index is 1.52. The molecule has 0 bridgehead atoms. The largest absolute Gasteiger partial charge is 0.485 e. The Kier molecular flexibility index (Phi) is 7.47. The molecular formula is C25H23BrN4O2S. The molecule has 1 aromatic heterocycles. The van der Waals surface area contributed by atoms with Gasteiger partial charge in [0.05, 0.1) is 5.75 Å². The monoisotopic (exact) mass is 522 g/mol. The minimum absolute atomic E-state index is 0.117. The van der Waals surface area contributed by atoms with Gasteiger partial charge in [-0.15, -0.1) is 10.2 Å². The predicted octanol–water partition coefficient (Wildman–Crippen LogP) is 5.96. The molecule has 0 saturated carbocycles. The summed E-state index contributed by atoms with van der Waals surface area (Å²) in [5.41, 5.74) is 3.79. The lowest BCUT2D eigenvalue weighted by Gasteiger charge is -2.13. The number of thioether (sulfide) groups is 1. The summed E-state index contributed by atoms with van der Waals surface area (Å²) in [6.45, 7) is 4.31. The number of aromatic nitrogens is 3. The molecule has 0 aliphatic rings. The van der Waals surface area contributed by atoms with Gasteiger partial charge < -0.3 is 10.1 Å². The zero-order valence-corrected chi connectivity index (χ0v) is 20.7. The van der Waals surface area contributed by atoms with Crippen molar-refractivity contribution in [1.29, 1.82) is 0 Å². The third-order valence-electron chi connectivity index (χ3n) is 4.91. The Hall–Kier alpha value is -3.10. The lowest BCUT2D eigenvalue weighted by atomic mass is 10.1.